The van der Waals surface area contributed by atoms with Crippen molar-refractivity contribution >= 4 is 29.5 Å². The monoisotopic (exact) mass is 406 g/mol. The molecular weight excluding hydrogens is 388 g/mol. The highest BCUT2D eigenvalue weighted by molar-refractivity contribution is 6.32. The summed E-state index contributed by atoms with van der Waals surface area (Å²) >= 11 is 6.12. The molecule has 0 aliphatic carbocycles. The molecule has 2 aromatic carbocycles. The van der Waals surface area contributed by atoms with Crippen molar-refractivity contribution in [2.24, 2.45) is 0 Å². The predicted octanol–water partition coefficient (Wildman–Crippen LogP) is 2.71. The van der Waals surface area contributed by atoms with E-state index >= 15 is 0 Å². The topological polar surface area (TPSA) is 103 Å². The van der Waals surface area contributed by atoms with Crippen LogP contribution in [0.25, 0.3) is 0 Å². The Morgan fingerprint density at radius 3 is 2.29 bits per heavy atom. The summed E-state index contributed by atoms with van der Waals surface area (Å²) in [5, 5.41) is 4.50. The minimum atomic E-state index is -1.35. The van der Waals surface area contributed by atoms with Gasteiger partial charge >= 0.3 is 12.0 Å². The Kier molecular flexibility index (Phi) is 7.22. The van der Waals surface area contributed by atoms with Crippen LogP contribution in [-0.2, 0) is 9.53 Å². The maximum Gasteiger partial charge on any atom is 0.339 e. The molecule has 0 radical (unpaired) electrons. The van der Waals surface area contributed by atoms with Crippen LogP contribution in [0.3, 0.4) is 0 Å². The number of methoxy groups -OCH3 is 2. The van der Waals surface area contributed by atoms with E-state index in [0.717, 1.165) is 0 Å². The van der Waals surface area contributed by atoms with Gasteiger partial charge in [0.15, 0.2) is 11.5 Å². The molecule has 0 spiro atoms. The predicted molar refractivity (Wildman–Crippen MR) is 102 cm³/mol. The number of hydrogen-bond donors (Lipinski definition) is 2. The van der Waals surface area contributed by atoms with E-state index in [0.29, 0.717) is 5.56 Å². The number of carbonyl (C=O) groups excluding carboxylic acids is 3. The van der Waals surface area contributed by atoms with E-state index in [1.54, 1.807) is 30.3 Å². The maximum atomic E-state index is 12.7. The first kappa shape index (κ1) is 21.0. The number of nitrogens with one attached hydrogen (secondary N) is 2. The number of hydrogen-bond acceptors (Lipinski definition) is 6. The first-order valence-electron chi connectivity index (χ1n) is 8.11. The summed E-state index contributed by atoms with van der Waals surface area (Å²) in [7, 11) is 4.17. The standard InChI is InChI=1S/C19H19ClN2O6/c1-21-19(25)22-17(23)15(11-7-5-4-6-8-11)28-18(24)12-9-13(20)16(27-3)14(10-12)26-2/h4-10,15H,1-3H3,(H2,21,22,23,25)/t15-/m0/s1. The number of carbonyl (C=O) groups is 3. The molecule has 148 valence electrons. The quantitative estimate of drug-likeness (QED) is 0.715. The Morgan fingerprint density at radius 2 is 1.71 bits per heavy atom. The van der Waals surface area contributed by atoms with Crippen LogP contribution in [-0.4, -0.2) is 39.2 Å². The van der Waals surface area contributed by atoms with Crippen LogP contribution >= 0.6 is 11.6 Å². The van der Waals surface area contributed by atoms with Gasteiger partial charge in [-0.1, -0.05) is 41.9 Å². The second-order valence-electron chi connectivity index (χ2n) is 5.46. The van der Waals surface area contributed by atoms with E-state index in [1.165, 1.54) is 33.4 Å². The summed E-state index contributed by atoms with van der Waals surface area (Å²) in [5.74, 6) is -1.14. The van der Waals surface area contributed by atoms with Gasteiger partial charge in [-0.2, -0.15) is 0 Å². The lowest BCUT2D eigenvalue weighted by molar-refractivity contribution is -0.129. The van der Waals surface area contributed by atoms with Gasteiger partial charge in [0.05, 0.1) is 24.8 Å². The highest BCUT2D eigenvalue weighted by atomic mass is 35.5. The molecule has 2 rings (SSSR count). The molecule has 0 saturated heterocycles. The molecule has 8 nitrogen and oxygen atoms in total. The number of imide groups is 1. The summed E-state index contributed by atoms with van der Waals surface area (Å²) in [6, 6.07) is 10.3. The molecule has 0 bridgehead atoms. The first-order valence-corrected chi connectivity index (χ1v) is 8.49. The van der Waals surface area contributed by atoms with E-state index in [4.69, 9.17) is 25.8 Å². The fourth-order valence-electron chi connectivity index (χ4n) is 2.35. The van der Waals surface area contributed by atoms with E-state index in [1.807, 2.05) is 0 Å². The highest BCUT2D eigenvalue weighted by Crippen LogP contribution is 2.36. The molecule has 0 aliphatic heterocycles. The second kappa shape index (κ2) is 9.61. The van der Waals surface area contributed by atoms with Crippen LogP contribution < -0.4 is 20.1 Å². The van der Waals surface area contributed by atoms with Crippen molar-refractivity contribution in [2.75, 3.05) is 21.3 Å². The molecule has 28 heavy (non-hydrogen) atoms. The average Bonchev–Trinajstić information content (AvgIpc) is 2.71. The van der Waals surface area contributed by atoms with Gasteiger partial charge in [0.2, 0.25) is 6.10 Å². The number of halogens is 1. The number of esters is 1. The normalized spacial score (nSPS) is 11.1. The Hall–Kier alpha value is -3.26. The number of urea groups is 1. The highest BCUT2D eigenvalue weighted by Gasteiger charge is 2.27. The molecule has 0 aliphatic rings. The minimum absolute atomic E-state index is 0.0522. The van der Waals surface area contributed by atoms with Crippen LogP contribution in [0.4, 0.5) is 4.79 Å². The Labute approximate surface area is 166 Å². The van der Waals surface area contributed by atoms with Crippen LogP contribution in [0.15, 0.2) is 42.5 Å². The van der Waals surface area contributed by atoms with E-state index < -0.39 is 24.0 Å². The minimum Gasteiger partial charge on any atom is -0.493 e. The molecule has 0 saturated carbocycles. The number of amides is 3. The summed E-state index contributed by atoms with van der Waals surface area (Å²) < 4.78 is 15.7. The van der Waals surface area contributed by atoms with Crippen molar-refractivity contribution in [2.45, 2.75) is 6.10 Å². The Morgan fingerprint density at radius 1 is 1.04 bits per heavy atom. The van der Waals surface area contributed by atoms with Crippen LogP contribution in [0, 0.1) is 0 Å². The summed E-state index contributed by atoms with van der Waals surface area (Å²) in [5.41, 5.74) is 0.445. The molecular formula is C19H19ClN2O6. The van der Waals surface area contributed by atoms with Crippen molar-refractivity contribution < 1.29 is 28.6 Å². The lowest BCUT2D eigenvalue weighted by Gasteiger charge is -2.18. The van der Waals surface area contributed by atoms with Crippen LogP contribution in [0.5, 0.6) is 11.5 Å². The third kappa shape index (κ3) is 4.92. The van der Waals surface area contributed by atoms with Gasteiger partial charge in [-0.15, -0.1) is 0 Å². The first-order chi connectivity index (χ1) is 13.4. The van der Waals surface area contributed by atoms with Gasteiger partial charge in [-0.25, -0.2) is 9.59 Å². The molecule has 0 heterocycles. The van der Waals surface area contributed by atoms with Crippen molar-refractivity contribution in [3.8, 4) is 11.5 Å². The fourth-order valence-corrected chi connectivity index (χ4v) is 2.64. The molecule has 2 aromatic rings. The third-order valence-electron chi connectivity index (χ3n) is 3.70. The number of ether oxygens (including phenoxy) is 3. The SMILES string of the molecule is CNC(=O)NC(=O)[C@@H](OC(=O)c1cc(Cl)c(OC)c(OC)c1)c1ccccc1. The van der Waals surface area contributed by atoms with E-state index in [2.05, 4.69) is 10.6 Å². The molecule has 9 heteroatoms. The van der Waals surface area contributed by atoms with Crippen LogP contribution in [0.2, 0.25) is 5.02 Å². The van der Waals surface area contributed by atoms with E-state index in [9.17, 15) is 14.4 Å². The van der Waals surface area contributed by atoms with Gasteiger partial charge in [0.1, 0.15) is 0 Å². The summed E-state index contributed by atoms with van der Waals surface area (Å²) in [6.07, 6.45) is -1.35. The van der Waals surface area contributed by atoms with Gasteiger partial charge in [-0.05, 0) is 12.1 Å². The van der Waals surface area contributed by atoms with Crippen molar-refractivity contribution in [3.63, 3.8) is 0 Å². The third-order valence-corrected chi connectivity index (χ3v) is 3.98. The van der Waals surface area contributed by atoms with Gasteiger partial charge in [0, 0.05) is 12.6 Å². The largest absolute Gasteiger partial charge is 0.493 e. The van der Waals surface area contributed by atoms with Crippen molar-refractivity contribution in [1.29, 1.82) is 0 Å². The molecule has 0 aromatic heterocycles. The number of rotatable bonds is 6. The maximum absolute atomic E-state index is 12.7. The lowest BCUT2D eigenvalue weighted by Crippen LogP contribution is -2.41. The van der Waals surface area contributed by atoms with Crippen molar-refractivity contribution in [3.05, 3.63) is 58.6 Å². The molecule has 1 atom stereocenters. The smallest absolute Gasteiger partial charge is 0.339 e. The summed E-state index contributed by atoms with van der Waals surface area (Å²) in [4.78, 5) is 36.6. The van der Waals surface area contributed by atoms with Gasteiger partial charge in [-0.3, -0.25) is 10.1 Å². The Balaban J connectivity index is 2.33. The van der Waals surface area contributed by atoms with Crippen LogP contribution in [0.1, 0.15) is 22.0 Å². The lowest BCUT2D eigenvalue weighted by atomic mass is 10.1. The van der Waals surface area contributed by atoms with Gasteiger partial charge in [0.25, 0.3) is 5.91 Å². The average molecular weight is 407 g/mol. The van der Waals surface area contributed by atoms with Crippen molar-refractivity contribution in [1.82, 2.24) is 10.6 Å². The number of benzene rings is 2. The second-order valence-corrected chi connectivity index (χ2v) is 5.87. The molecule has 0 fully saturated rings. The summed E-state index contributed by atoms with van der Waals surface area (Å²) in [6.45, 7) is 0. The fraction of sp³-hybridized carbons (Fsp3) is 0.211. The van der Waals surface area contributed by atoms with Gasteiger partial charge < -0.3 is 19.5 Å². The van der Waals surface area contributed by atoms with E-state index in [-0.39, 0.29) is 22.1 Å². The zero-order chi connectivity index (χ0) is 20.7. The molecule has 3 amide bonds. The molecule has 2 N–H and O–H groups in total. The zero-order valence-corrected chi connectivity index (χ0v) is 16.2. The molecule has 0 unspecified atom stereocenters. The Bertz CT molecular complexity index is 872. The zero-order valence-electron chi connectivity index (χ0n) is 15.4.